The van der Waals surface area contributed by atoms with Crippen LogP contribution in [-0.2, 0) is 11.2 Å². The van der Waals surface area contributed by atoms with Gasteiger partial charge in [0.1, 0.15) is 5.82 Å². The van der Waals surface area contributed by atoms with Crippen LogP contribution in [0.25, 0.3) is 0 Å². The molecule has 27 heavy (non-hydrogen) atoms. The van der Waals surface area contributed by atoms with Crippen molar-refractivity contribution < 1.29 is 9.13 Å². The Morgan fingerprint density at radius 2 is 1.74 bits per heavy atom. The Morgan fingerprint density at radius 3 is 2.48 bits per heavy atom. The van der Waals surface area contributed by atoms with Crippen molar-refractivity contribution in [1.29, 1.82) is 0 Å². The summed E-state index contributed by atoms with van der Waals surface area (Å²) in [6, 6.07) is 15.8. The Hall–Kier alpha value is -1.17. The van der Waals surface area contributed by atoms with Gasteiger partial charge in [0.25, 0.3) is 0 Å². The molecular weight excluding hydrogens is 386 g/mol. The number of nitrogens with zero attached hydrogens (tertiary/aromatic N) is 1. The van der Waals surface area contributed by atoms with Gasteiger partial charge >= 0.3 is 0 Å². The van der Waals surface area contributed by atoms with Gasteiger partial charge in [-0.3, -0.25) is 4.90 Å². The monoisotopic (exact) mass is 412 g/mol. The number of halogens is 3. The molecule has 0 radical (unpaired) electrons. The third-order valence-electron chi connectivity index (χ3n) is 5.38. The fourth-order valence-corrected chi connectivity index (χ4v) is 4.05. The fraction of sp³-hybridized carbons (Fsp3) is 0.429. The highest BCUT2D eigenvalue weighted by Gasteiger charge is 2.29. The summed E-state index contributed by atoms with van der Waals surface area (Å²) in [7, 11) is 0. The number of ether oxygens (including phenoxy) is 1. The molecule has 2 aliphatic heterocycles. The summed E-state index contributed by atoms with van der Waals surface area (Å²) < 4.78 is 19.6. The van der Waals surface area contributed by atoms with Gasteiger partial charge in [-0.15, -0.1) is 24.8 Å². The van der Waals surface area contributed by atoms with Gasteiger partial charge in [0.15, 0.2) is 0 Å². The van der Waals surface area contributed by atoms with E-state index < -0.39 is 0 Å². The fourth-order valence-electron chi connectivity index (χ4n) is 4.05. The van der Waals surface area contributed by atoms with Crippen molar-refractivity contribution in [3.05, 3.63) is 71.0 Å². The lowest BCUT2D eigenvalue weighted by Gasteiger charge is -2.38. The minimum absolute atomic E-state index is 0. The number of hydrogen-bond acceptors (Lipinski definition) is 3. The van der Waals surface area contributed by atoms with E-state index in [1.807, 2.05) is 12.1 Å². The van der Waals surface area contributed by atoms with Crippen LogP contribution in [0.15, 0.2) is 48.5 Å². The topological polar surface area (TPSA) is 24.5 Å². The molecule has 2 aromatic carbocycles. The van der Waals surface area contributed by atoms with Gasteiger partial charge in [0, 0.05) is 32.2 Å². The van der Waals surface area contributed by atoms with Crippen molar-refractivity contribution in [2.24, 2.45) is 0 Å². The first-order valence-electron chi connectivity index (χ1n) is 9.21. The molecule has 1 fully saturated rings. The Balaban J connectivity index is 0.00000131. The third kappa shape index (κ3) is 5.21. The van der Waals surface area contributed by atoms with Crippen molar-refractivity contribution in [3.8, 4) is 0 Å². The highest BCUT2D eigenvalue weighted by atomic mass is 35.5. The Morgan fingerprint density at radius 1 is 1.04 bits per heavy atom. The summed E-state index contributed by atoms with van der Waals surface area (Å²) in [5, 5.41) is 3.42. The number of benzene rings is 2. The Bertz CT molecular complexity index is 708. The van der Waals surface area contributed by atoms with Crippen LogP contribution in [0, 0.1) is 5.82 Å². The molecule has 1 saturated heterocycles. The van der Waals surface area contributed by atoms with Crippen molar-refractivity contribution >= 4 is 24.8 Å². The molecule has 3 nitrogen and oxygen atoms in total. The van der Waals surface area contributed by atoms with Crippen LogP contribution in [-0.4, -0.2) is 37.7 Å². The molecule has 2 atom stereocenters. The summed E-state index contributed by atoms with van der Waals surface area (Å²) >= 11 is 0. The zero-order chi connectivity index (χ0) is 17.1. The second-order valence-corrected chi connectivity index (χ2v) is 6.90. The van der Waals surface area contributed by atoms with Crippen LogP contribution in [0.5, 0.6) is 0 Å². The standard InChI is InChI=1S/C21H25FN2O.2ClH/c22-18-7-5-17(6-8-18)20(24-12-10-23-11-13-24)15-21-19-4-2-1-3-16(19)9-14-25-21;;/h1-8,20-21,23H,9-15H2;2*1H. The number of hydrogen-bond donors (Lipinski definition) is 1. The van der Waals surface area contributed by atoms with Gasteiger partial charge in [0.2, 0.25) is 0 Å². The first kappa shape index (κ1) is 22.1. The van der Waals surface area contributed by atoms with Gasteiger partial charge in [-0.25, -0.2) is 4.39 Å². The van der Waals surface area contributed by atoms with Crippen LogP contribution in [0.1, 0.15) is 35.3 Å². The number of fused-ring (bicyclic) bond motifs is 1. The zero-order valence-electron chi connectivity index (χ0n) is 15.3. The first-order valence-corrected chi connectivity index (χ1v) is 9.21. The van der Waals surface area contributed by atoms with E-state index in [0.717, 1.165) is 45.6 Å². The van der Waals surface area contributed by atoms with E-state index >= 15 is 0 Å². The molecule has 0 amide bonds. The summed E-state index contributed by atoms with van der Waals surface area (Å²) in [6.45, 7) is 4.80. The van der Waals surface area contributed by atoms with E-state index in [1.165, 1.54) is 16.7 Å². The van der Waals surface area contributed by atoms with Crippen molar-refractivity contribution in [1.82, 2.24) is 10.2 Å². The van der Waals surface area contributed by atoms with Gasteiger partial charge in [-0.1, -0.05) is 36.4 Å². The van der Waals surface area contributed by atoms with E-state index in [0.29, 0.717) is 0 Å². The molecule has 0 saturated carbocycles. The first-order chi connectivity index (χ1) is 12.3. The molecule has 2 unspecified atom stereocenters. The average Bonchev–Trinajstić information content (AvgIpc) is 2.68. The highest BCUT2D eigenvalue weighted by Crippen LogP contribution is 2.37. The van der Waals surface area contributed by atoms with Gasteiger partial charge < -0.3 is 10.1 Å². The number of nitrogens with one attached hydrogen (secondary N) is 1. The molecule has 6 heteroatoms. The number of rotatable bonds is 4. The lowest BCUT2D eigenvalue weighted by molar-refractivity contribution is 0.0119. The van der Waals surface area contributed by atoms with Gasteiger partial charge in [-0.2, -0.15) is 0 Å². The number of piperazine rings is 1. The van der Waals surface area contributed by atoms with E-state index in [9.17, 15) is 4.39 Å². The lowest BCUT2D eigenvalue weighted by Crippen LogP contribution is -2.45. The molecule has 148 valence electrons. The Labute approximate surface area is 173 Å². The second-order valence-electron chi connectivity index (χ2n) is 6.90. The molecule has 2 aromatic rings. The zero-order valence-corrected chi connectivity index (χ0v) is 16.9. The van der Waals surface area contributed by atoms with Gasteiger partial charge in [-0.05, 0) is 41.7 Å². The molecule has 2 aliphatic rings. The lowest BCUT2D eigenvalue weighted by atomic mass is 9.90. The molecule has 0 bridgehead atoms. The van der Waals surface area contributed by atoms with Crippen LogP contribution in [0.4, 0.5) is 4.39 Å². The molecule has 1 N–H and O–H groups in total. The van der Waals surface area contributed by atoms with Crippen LogP contribution < -0.4 is 5.32 Å². The van der Waals surface area contributed by atoms with Crippen molar-refractivity contribution in [2.45, 2.75) is 25.0 Å². The predicted octanol–water partition coefficient (Wildman–Crippen LogP) is 4.32. The maximum Gasteiger partial charge on any atom is 0.123 e. The maximum absolute atomic E-state index is 13.4. The summed E-state index contributed by atoms with van der Waals surface area (Å²) in [5.41, 5.74) is 3.89. The quantitative estimate of drug-likeness (QED) is 0.808. The normalized spacial score (nSPS) is 20.7. The van der Waals surface area contributed by atoms with Crippen LogP contribution in [0.3, 0.4) is 0 Å². The maximum atomic E-state index is 13.4. The van der Waals surface area contributed by atoms with E-state index in [1.54, 1.807) is 12.1 Å². The minimum Gasteiger partial charge on any atom is -0.373 e. The highest BCUT2D eigenvalue weighted by molar-refractivity contribution is 5.85. The van der Waals surface area contributed by atoms with Crippen LogP contribution in [0.2, 0.25) is 0 Å². The summed E-state index contributed by atoms with van der Waals surface area (Å²) in [4.78, 5) is 2.50. The predicted molar refractivity (Wildman–Crippen MR) is 112 cm³/mol. The van der Waals surface area contributed by atoms with Crippen molar-refractivity contribution in [3.63, 3.8) is 0 Å². The second kappa shape index (κ2) is 10.4. The smallest absolute Gasteiger partial charge is 0.123 e. The van der Waals surface area contributed by atoms with Crippen molar-refractivity contribution in [2.75, 3.05) is 32.8 Å². The third-order valence-corrected chi connectivity index (χ3v) is 5.38. The van der Waals surface area contributed by atoms with Gasteiger partial charge in [0.05, 0.1) is 12.7 Å². The molecule has 2 heterocycles. The van der Waals surface area contributed by atoms with E-state index in [4.69, 9.17) is 4.74 Å². The summed E-state index contributed by atoms with van der Waals surface area (Å²) in [5.74, 6) is -0.179. The van der Waals surface area contributed by atoms with E-state index in [-0.39, 0.29) is 42.8 Å². The molecule has 0 spiro atoms. The average molecular weight is 413 g/mol. The molecule has 0 aliphatic carbocycles. The SMILES string of the molecule is Cl.Cl.Fc1ccc(C(CC2OCCc3ccccc32)N2CCNCC2)cc1. The molecule has 0 aromatic heterocycles. The molecular formula is C21H27Cl2FN2O. The van der Waals surface area contributed by atoms with Crippen LogP contribution >= 0.6 is 24.8 Å². The minimum atomic E-state index is -0.179. The summed E-state index contributed by atoms with van der Waals surface area (Å²) in [6.07, 6.45) is 2.00. The van der Waals surface area contributed by atoms with E-state index in [2.05, 4.69) is 34.5 Å². The molecule has 4 rings (SSSR count). The largest absolute Gasteiger partial charge is 0.373 e. The Kier molecular flexibility index (Phi) is 8.52.